The number of nitrogens with zero attached hydrogens (tertiary/aromatic N) is 3. The van der Waals surface area contributed by atoms with Crippen LogP contribution in [0, 0.1) is 0 Å². The average Bonchev–Trinajstić information content (AvgIpc) is 3.02. The molecule has 0 radical (unpaired) electrons. The third kappa shape index (κ3) is 4.25. The molecular formula is C17H14Cl3N3. The summed E-state index contributed by atoms with van der Waals surface area (Å²) in [6, 6.07) is 13.5. The second-order valence-electron chi connectivity index (χ2n) is 5.31. The largest absolute Gasteiger partial charge is 0.252 e. The van der Waals surface area contributed by atoms with Gasteiger partial charge in [-0.25, -0.2) is 4.98 Å². The minimum atomic E-state index is 0.155. The Labute approximate surface area is 149 Å². The first-order valence-corrected chi connectivity index (χ1v) is 8.27. The number of rotatable bonds is 5. The Bertz CT molecular complexity index is 770. The second-order valence-corrected chi connectivity index (χ2v) is 6.59. The van der Waals surface area contributed by atoms with Crippen LogP contribution in [-0.4, -0.2) is 14.8 Å². The Morgan fingerprint density at radius 1 is 0.957 bits per heavy atom. The van der Waals surface area contributed by atoms with Crippen LogP contribution in [0.3, 0.4) is 0 Å². The van der Waals surface area contributed by atoms with E-state index in [1.165, 1.54) is 11.9 Å². The Morgan fingerprint density at radius 3 is 2.35 bits per heavy atom. The van der Waals surface area contributed by atoms with Crippen LogP contribution in [0.15, 0.2) is 55.1 Å². The van der Waals surface area contributed by atoms with Crippen LogP contribution in [0.4, 0.5) is 0 Å². The van der Waals surface area contributed by atoms with Gasteiger partial charge in [-0.1, -0.05) is 53.0 Å². The molecule has 0 spiro atoms. The number of halogens is 3. The van der Waals surface area contributed by atoms with E-state index in [1.54, 1.807) is 12.4 Å². The number of aromatic nitrogens is 3. The van der Waals surface area contributed by atoms with Crippen molar-refractivity contribution in [3.8, 4) is 0 Å². The summed E-state index contributed by atoms with van der Waals surface area (Å²) < 4.78 is 1.81. The molecule has 23 heavy (non-hydrogen) atoms. The van der Waals surface area contributed by atoms with Crippen molar-refractivity contribution < 1.29 is 0 Å². The highest BCUT2D eigenvalue weighted by Gasteiger charge is 2.17. The van der Waals surface area contributed by atoms with E-state index in [1.807, 2.05) is 41.1 Å². The van der Waals surface area contributed by atoms with Gasteiger partial charge in [0.15, 0.2) is 0 Å². The molecule has 118 valence electrons. The molecule has 0 aliphatic heterocycles. The molecule has 6 heteroatoms. The van der Waals surface area contributed by atoms with Gasteiger partial charge in [-0.2, -0.15) is 5.10 Å². The molecule has 0 fully saturated rings. The fourth-order valence-electron chi connectivity index (χ4n) is 2.56. The first kappa shape index (κ1) is 16.3. The highest BCUT2D eigenvalue weighted by molar-refractivity contribution is 6.35. The van der Waals surface area contributed by atoms with Crippen molar-refractivity contribution in [2.45, 2.75) is 18.9 Å². The summed E-state index contributed by atoms with van der Waals surface area (Å²) in [4.78, 5) is 4.00. The van der Waals surface area contributed by atoms with Gasteiger partial charge in [0.2, 0.25) is 0 Å². The standard InChI is InChI=1S/C17H14Cl3N3/c18-14-3-1-12(2-4-14)7-13(9-23-11-21-10-22-23)16-6-5-15(19)8-17(16)20/h1-6,8,10-11,13H,7,9H2. The number of benzene rings is 2. The van der Waals surface area contributed by atoms with Gasteiger partial charge in [0.05, 0.1) is 0 Å². The summed E-state index contributed by atoms with van der Waals surface area (Å²) in [5.74, 6) is 0.155. The molecule has 0 aliphatic rings. The van der Waals surface area contributed by atoms with Crippen molar-refractivity contribution in [3.05, 3.63) is 81.3 Å². The monoisotopic (exact) mass is 365 g/mol. The van der Waals surface area contributed by atoms with Gasteiger partial charge in [0.25, 0.3) is 0 Å². The Morgan fingerprint density at radius 2 is 1.70 bits per heavy atom. The molecule has 0 bridgehead atoms. The summed E-state index contributed by atoms with van der Waals surface area (Å²) in [5.41, 5.74) is 2.23. The minimum absolute atomic E-state index is 0.155. The highest BCUT2D eigenvalue weighted by Crippen LogP contribution is 2.31. The summed E-state index contributed by atoms with van der Waals surface area (Å²) in [7, 11) is 0. The SMILES string of the molecule is Clc1ccc(CC(Cn2cncn2)c2ccc(Cl)cc2Cl)cc1. The molecule has 3 rings (SSSR count). The summed E-state index contributed by atoms with van der Waals surface area (Å²) >= 11 is 18.4. The van der Waals surface area contributed by atoms with Gasteiger partial charge in [-0.3, -0.25) is 4.68 Å². The van der Waals surface area contributed by atoms with Gasteiger partial charge in [-0.15, -0.1) is 0 Å². The maximum Gasteiger partial charge on any atom is 0.137 e. The normalized spacial score (nSPS) is 12.3. The van der Waals surface area contributed by atoms with Gasteiger partial charge >= 0.3 is 0 Å². The van der Waals surface area contributed by atoms with Crippen LogP contribution in [0.25, 0.3) is 0 Å². The Balaban J connectivity index is 1.90. The van der Waals surface area contributed by atoms with Gasteiger partial charge in [0, 0.05) is 27.5 Å². The van der Waals surface area contributed by atoms with E-state index in [-0.39, 0.29) is 5.92 Å². The Hall–Kier alpha value is -1.55. The van der Waals surface area contributed by atoms with Crippen molar-refractivity contribution in [2.24, 2.45) is 0 Å². The summed E-state index contributed by atoms with van der Waals surface area (Å²) in [6.07, 6.45) is 4.06. The van der Waals surface area contributed by atoms with E-state index in [0.29, 0.717) is 16.6 Å². The summed E-state index contributed by atoms with van der Waals surface area (Å²) in [5, 5.41) is 6.22. The number of hydrogen-bond donors (Lipinski definition) is 0. The van der Waals surface area contributed by atoms with Crippen LogP contribution >= 0.6 is 34.8 Å². The van der Waals surface area contributed by atoms with E-state index in [4.69, 9.17) is 34.8 Å². The van der Waals surface area contributed by atoms with Crippen LogP contribution in [0.1, 0.15) is 17.0 Å². The zero-order valence-corrected chi connectivity index (χ0v) is 14.4. The average molecular weight is 367 g/mol. The van der Waals surface area contributed by atoms with E-state index >= 15 is 0 Å². The predicted octanol–water partition coefficient (Wildman–Crippen LogP) is 5.26. The summed E-state index contributed by atoms with van der Waals surface area (Å²) in [6.45, 7) is 0.685. The Kier molecular flexibility index (Phi) is 5.21. The minimum Gasteiger partial charge on any atom is -0.252 e. The van der Waals surface area contributed by atoms with Gasteiger partial charge < -0.3 is 0 Å². The molecule has 0 aliphatic carbocycles. The molecule has 1 unspecified atom stereocenters. The molecule has 3 aromatic rings. The molecule has 0 saturated heterocycles. The highest BCUT2D eigenvalue weighted by atomic mass is 35.5. The van der Waals surface area contributed by atoms with Gasteiger partial charge in [-0.05, 0) is 41.8 Å². The molecule has 1 aromatic heterocycles. The molecule has 1 atom stereocenters. The maximum absolute atomic E-state index is 6.41. The lowest BCUT2D eigenvalue weighted by atomic mass is 9.92. The number of hydrogen-bond acceptors (Lipinski definition) is 2. The molecule has 0 N–H and O–H groups in total. The van der Waals surface area contributed by atoms with Crippen LogP contribution in [0.5, 0.6) is 0 Å². The van der Waals surface area contributed by atoms with E-state index < -0.39 is 0 Å². The van der Waals surface area contributed by atoms with Crippen LogP contribution < -0.4 is 0 Å². The molecular weight excluding hydrogens is 353 g/mol. The van der Waals surface area contributed by atoms with Gasteiger partial charge in [0.1, 0.15) is 12.7 Å². The fraction of sp³-hybridized carbons (Fsp3) is 0.176. The zero-order chi connectivity index (χ0) is 16.2. The lowest BCUT2D eigenvalue weighted by molar-refractivity contribution is 0.511. The lowest BCUT2D eigenvalue weighted by Crippen LogP contribution is -2.13. The van der Waals surface area contributed by atoms with Crippen molar-refractivity contribution in [2.75, 3.05) is 0 Å². The van der Waals surface area contributed by atoms with Crippen molar-refractivity contribution in [3.63, 3.8) is 0 Å². The molecule has 3 nitrogen and oxygen atoms in total. The maximum atomic E-state index is 6.41. The third-order valence-electron chi connectivity index (χ3n) is 3.67. The first-order valence-electron chi connectivity index (χ1n) is 7.13. The van der Waals surface area contributed by atoms with Crippen LogP contribution in [0.2, 0.25) is 15.1 Å². The molecule has 1 heterocycles. The van der Waals surface area contributed by atoms with E-state index in [0.717, 1.165) is 17.0 Å². The van der Waals surface area contributed by atoms with Crippen molar-refractivity contribution in [1.29, 1.82) is 0 Å². The topological polar surface area (TPSA) is 30.7 Å². The molecule has 0 amide bonds. The van der Waals surface area contributed by atoms with Crippen molar-refractivity contribution >= 4 is 34.8 Å². The lowest BCUT2D eigenvalue weighted by Gasteiger charge is -2.19. The predicted molar refractivity (Wildman–Crippen MR) is 94.4 cm³/mol. The van der Waals surface area contributed by atoms with E-state index in [9.17, 15) is 0 Å². The van der Waals surface area contributed by atoms with Crippen LogP contribution in [-0.2, 0) is 13.0 Å². The molecule has 2 aromatic carbocycles. The third-order valence-corrected chi connectivity index (χ3v) is 4.49. The molecule has 0 saturated carbocycles. The quantitative estimate of drug-likeness (QED) is 0.616. The fourth-order valence-corrected chi connectivity index (χ4v) is 3.25. The van der Waals surface area contributed by atoms with E-state index in [2.05, 4.69) is 10.1 Å². The van der Waals surface area contributed by atoms with Crippen molar-refractivity contribution in [1.82, 2.24) is 14.8 Å². The zero-order valence-electron chi connectivity index (χ0n) is 12.2. The smallest absolute Gasteiger partial charge is 0.137 e. The first-order chi connectivity index (χ1) is 11.1. The second kappa shape index (κ2) is 7.35.